The molecule has 0 bridgehead atoms. The third-order valence-corrected chi connectivity index (χ3v) is 4.45. The first-order valence-corrected chi connectivity index (χ1v) is 8.08. The van der Waals surface area contributed by atoms with Crippen molar-refractivity contribution in [1.29, 1.82) is 0 Å². The normalized spacial score (nSPS) is 27.0. The molecule has 4 nitrogen and oxygen atoms in total. The van der Waals surface area contributed by atoms with E-state index in [1.807, 2.05) is 5.32 Å². The number of amides is 1. The Morgan fingerprint density at radius 2 is 2.14 bits per heavy atom. The number of likely N-dealkylation sites (tertiary alicyclic amines) is 1. The first kappa shape index (κ1) is 17.5. The number of carbonyl (C=O) groups excluding carboxylic acids is 1. The Bertz CT molecular complexity index is 357. The summed E-state index contributed by atoms with van der Waals surface area (Å²) in [5.41, 5.74) is 0. The van der Waals surface area contributed by atoms with E-state index in [2.05, 4.69) is 4.90 Å². The number of nitrogens with one attached hydrogen (secondary N) is 1. The standard InChI is InChI=1S/C15H25F3N2O2/c16-15(17,18)11-19-14(21)13-4-2-7-20(9-13)6-1-3-12-5-8-22-10-12/h12-13H,1-11H2,(H,19,21)/t12-,13+/m1/s1. The maximum atomic E-state index is 12.1. The van der Waals surface area contributed by atoms with Gasteiger partial charge in [0.05, 0.1) is 5.92 Å². The zero-order valence-corrected chi connectivity index (χ0v) is 12.8. The summed E-state index contributed by atoms with van der Waals surface area (Å²) in [5, 5.41) is 2.01. The van der Waals surface area contributed by atoms with Crippen LogP contribution in [0.5, 0.6) is 0 Å². The summed E-state index contributed by atoms with van der Waals surface area (Å²) < 4.78 is 41.8. The van der Waals surface area contributed by atoms with E-state index in [4.69, 9.17) is 4.74 Å². The molecule has 2 fully saturated rings. The van der Waals surface area contributed by atoms with E-state index in [-0.39, 0.29) is 5.92 Å². The van der Waals surface area contributed by atoms with Gasteiger partial charge in [-0.3, -0.25) is 4.79 Å². The van der Waals surface area contributed by atoms with Crippen molar-refractivity contribution in [2.24, 2.45) is 11.8 Å². The summed E-state index contributed by atoms with van der Waals surface area (Å²) in [7, 11) is 0. The molecule has 22 heavy (non-hydrogen) atoms. The fourth-order valence-corrected chi connectivity index (χ4v) is 3.22. The quantitative estimate of drug-likeness (QED) is 0.815. The first-order chi connectivity index (χ1) is 10.4. The van der Waals surface area contributed by atoms with Crippen LogP contribution in [0.15, 0.2) is 0 Å². The summed E-state index contributed by atoms with van der Waals surface area (Å²) in [4.78, 5) is 14.0. The van der Waals surface area contributed by atoms with Gasteiger partial charge in [0.15, 0.2) is 0 Å². The molecular formula is C15H25F3N2O2. The maximum absolute atomic E-state index is 12.1. The number of halogens is 3. The van der Waals surface area contributed by atoms with Crippen LogP contribution in [-0.4, -0.2) is 56.4 Å². The number of piperidine rings is 1. The van der Waals surface area contributed by atoms with E-state index in [1.165, 1.54) is 0 Å². The van der Waals surface area contributed by atoms with Gasteiger partial charge in [-0.1, -0.05) is 0 Å². The molecule has 2 aliphatic rings. The van der Waals surface area contributed by atoms with Crippen molar-refractivity contribution >= 4 is 5.91 Å². The van der Waals surface area contributed by atoms with Crippen LogP contribution in [0.4, 0.5) is 13.2 Å². The Morgan fingerprint density at radius 3 is 2.82 bits per heavy atom. The number of hydrogen-bond acceptors (Lipinski definition) is 3. The van der Waals surface area contributed by atoms with E-state index < -0.39 is 18.6 Å². The van der Waals surface area contributed by atoms with Crippen molar-refractivity contribution in [2.45, 2.75) is 38.3 Å². The topological polar surface area (TPSA) is 41.6 Å². The summed E-state index contributed by atoms with van der Waals surface area (Å²) >= 11 is 0. The van der Waals surface area contributed by atoms with Crippen LogP contribution in [0.25, 0.3) is 0 Å². The minimum atomic E-state index is -4.34. The van der Waals surface area contributed by atoms with Crippen molar-refractivity contribution in [2.75, 3.05) is 39.4 Å². The molecule has 0 aliphatic carbocycles. The van der Waals surface area contributed by atoms with Gasteiger partial charge in [0.1, 0.15) is 6.54 Å². The monoisotopic (exact) mass is 322 g/mol. The molecule has 0 unspecified atom stereocenters. The summed E-state index contributed by atoms with van der Waals surface area (Å²) in [5.74, 6) is -0.132. The zero-order valence-electron chi connectivity index (χ0n) is 12.8. The van der Waals surface area contributed by atoms with E-state index in [9.17, 15) is 18.0 Å². The lowest BCUT2D eigenvalue weighted by Gasteiger charge is -2.32. The molecule has 1 amide bonds. The van der Waals surface area contributed by atoms with Crippen LogP contribution < -0.4 is 5.32 Å². The predicted molar refractivity (Wildman–Crippen MR) is 76.4 cm³/mol. The average Bonchev–Trinajstić information content (AvgIpc) is 2.97. The molecule has 0 aromatic carbocycles. The van der Waals surface area contributed by atoms with Crippen LogP contribution >= 0.6 is 0 Å². The predicted octanol–water partition coefficient (Wildman–Crippen LogP) is 2.19. The lowest BCUT2D eigenvalue weighted by Crippen LogP contribution is -2.45. The van der Waals surface area contributed by atoms with Crippen LogP contribution in [0.1, 0.15) is 32.1 Å². The number of alkyl halides is 3. The van der Waals surface area contributed by atoms with Crippen molar-refractivity contribution < 1.29 is 22.7 Å². The third-order valence-electron chi connectivity index (χ3n) is 4.45. The van der Waals surface area contributed by atoms with Crippen LogP contribution in [-0.2, 0) is 9.53 Å². The van der Waals surface area contributed by atoms with Gasteiger partial charge in [-0.2, -0.15) is 13.2 Å². The maximum Gasteiger partial charge on any atom is 0.405 e. The summed E-state index contributed by atoms with van der Waals surface area (Å²) in [6.45, 7) is 2.90. The van der Waals surface area contributed by atoms with Gasteiger partial charge >= 0.3 is 6.18 Å². The van der Waals surface area contributed by atoms with E-state index in [1.54, 1.807) is 0 Å². The molecular weight excluding hydrogens is 297 g/mol. The van der Waals surface area contributed by atoms with Crippen molar-refractivity contribution in [3.63, 3.8) is 0 Å². The number of carbonyl (C=O) groups is 1. The minimum absolute atomic E-state index is 0.314. The molecule has 1 N–H and O–H groups in total. The molecule has 7 heteroatoms. The molecule has 2 atom stereocenters. The molecule has 0 aromatic heterocycles. The molecule has 128 valence electrons. The highest BCUT2D eigenvalue weighted by Crippen LogP contribution is 2.21. The minimum Gasteiger partial charge on any atom is -0.381 e. The average molecular weight is 322 g/mol. The van der Waals surface area contributed by atoms with Gasteiger partial charge in [0, 0.05) is 19.8 Å². The fourth-order valence-electron chi connectivity index (χ4n) is 3.22. The van der Waals surface area contributed by atoms with Crippen LogP contribution in [0, 0.1) is 11.8 Å². The van der Waals surface area contributed by atoms with E-state index in [0.717, 1.165) is 52.0 Å². The highest BCUT2D eigenvalue weighted by atomic mass is 19.4. The van der Waals surface area contributed by atoms with Crippen LogP contribution in [0.3, 0.4) is 0 Å². The van der Waals surface area contributed by atoms with Gasteiger partial charge in [-0.15, -0.1) is 0 Å². The Balaban J connectivity index is 1.65. The smallest absolute Gasteiger partial charge is 0.381 e. The Morgan fingerprint density at radius 1 is 1.32 bits per heavy atom. The van der Waals surface area contributed by atoms with Gasteiger partial charge in [-0.05, 0) is 51.1 Å². The SMILES string of the molecule is O=C(NCC(F)(F)F)[C@H]1CCCN(CCC[C@@H]2CCOC2)C1. The van der Waals surface area contributed by atoms with Gasteiger partial charge in [0.2, 0.25) is 5.91 Å². The second kappa shape index (κ2) is 8.15. The molecule has 0 radical (unpaired) electrons. The van der Waals surface area contributed by atoms with Crippen LogP contribution in [0.2, 0.25) is 0 Å². The number of nitrogens with zero attached hydrogens (tertiary/aromatic N) is 1. The third kappa shape index (κ3) is 6.12. The lowest BCUT2D eigenvalue weighted by molar-refractivity contribution is -0.141. The van der Waals surface area contributed by atoms with Gasteiger partial charge in [0.25, 0.3) is 0 Å². The molecule has 2 aliphatic heterocycles. The summed E-state index contributed by atoms with van der Waals surface area (Å²) in [6.07, 6.45) is 0.523. The van der Waals surface area contributed by atoms with Gasteiger partial charge in [-0.25, -0.2) is 0 Å². The largest absolute Gasteiger partial charge is 0.405 e. The summed E-state index contributed by atoms with van der Waals surface area (Å²) in [6, 6.07) is 0. The molecule has 2 rings (SSSR count). The first-order valence-electron chi connectivity index (χ1n) is 8.08. The van der Waals surface area contributed by atoms with E-state index >= 15 is 0 Å². The molecule has 0 aromatic rings. The highest BCUT2D eigenvalue weighted by molar-refractivity contribution is 5.79. The second-order valence-corrected chi connectivity index (χ2v) is 6.34. The van der Waals surface area contributed by atoms with E-state index in [0.29, 0.717) is 18.9 Å². The van der Waals surface area contributed by atoms with Crippen molar-refractivity contribution in [3.05, 3.63) is 0 Å². The molecule has 0 saturated carbocycles. The van der Waals surface area contributed by atoms with Crippen molar-refractivity contribution in [1.82, 2.24) is 10.2 Å². The zero-order chi connectivity index (χ0) is 16.0. The Kier molecular flexibility index (Phi) is 6.50. The number of rotatable bonds is 6. The van der Waals surface area contributed by atoms with Crippen molar-refractivity contribution in [3.8, 4) is 0 Å². The second-order valence-electron chi connectivity index (χ2n) is 6.34. The fraction of sp³-hybridized carbons (Fsp3) is 0.933. The molecule has 0 spiro atoms. The molecule has 2 saturated heterocycles. The highest BCUT2D eigenvalue weighted by Gasteiger charge is 2.31. The lowest BCUT2D eigenvalue weighted by atomic mass is 9.96. The number of hydrogen-bond donors (Lipinski definition) is 1. The molecule has 2 heterocycles. The Labute approximate surface area is 129 Å². The Hall–Kier alpha value is -0.820. The number of ether oxygens (including phenoxy) is 1. The van der Waals surface area contributed by atoms with Gasteiger partial charge < -0.3 is 15.0 Å².